The Labute approximate surface area is 128 Å². The quantitative estimate of drug-likeness (QED) is 0.940. The van der Waals surface area contributed by atoms with Crippen molar-refractivity contribution in [3.05, 3.63) is 48.3 Å². The normalized spacial score (nSPS) is 21.0. The molecular formula is C16H17N3O3. The predicted molar refractivity (Wildman–Crippen MR) is 79.9 cm³/mol. The summed E-state index contributed by atoms with van der Waals surface area (Å²) < 4.78 is 1.61. The largest absolute Gasteiger partial charge is 0.480 e. The van der Waals surface area contributed by atoms with E-state index in [4.69, 9.17) is 0 Å². The number of carbonyl (C=O) groups excluding carboxylic acids is 1. The number of aliphatic carboxylic acids is 1. The number of rotatable bonds is 3. The number of hydrogen-bond acceptors (Lipinski definition) is 3. The summed E-state index contributed by atoms with van der Waals surface area (Å²) in [4.78, 5) is 25.5. The first-order chi connectivity index (χ1) is 10.5. The minimum absolute atomic E-state index is 0.287. The van der Waals surface area contributed by atoms with Gasteiger partial charge < -0.3 is 10.0 Å². The number of benzene rings is 1. The zero-order valence-corrected chi connectivity index (χ0v) is 12.3. The van der Waals surface area contributed by atoms with Gasteiger partial charge in [0.1, 0.15) is 5.54 Å². The van der Waals surface area contributed by atoms with Gasteiger partial charge in [0.2, 0.25) is 0 Å². The maximum atomic E-state index is 12.6. The number of hydrogen-bond donors (Lipinski definition) is 1. The van der Waals surface area contributed by atoms with E-state index in [-0.39, 0.29) is 5.91 Å². The molecule has 6 heteroatoms. The molecule has 22 heavy (non-hydrogen) atoms. The molecule has 1 aliphatic rings. The van der Waals surface area contributed by atoms with Crippen LogP contribution in [0.2, 0.25) is 0 Å². The highest BCUT2D eigenvalue weighted by Crippen LogP contribution is 2.30. The Morgan fingerprint density at radius 2 is 2.00 bits per heavy atom. The Morgan fingerprint density at radius 3 is 2.68 bits per heavy atom. The molecule has 2 heterocycles. The van der Waals surface area contributed by atoms with Gasteiger partial charge in [0, 0.05) is 12.7 Å². The van der Waals surface area contributed by atoms with E-state index < -0.39 is 11.5 Å². The van der Waals surface area contributed by atoms with Crippen LogP contribution in [-0.2, 0) is 4.79 Å². The van der Waals surface area contributed by atoms with Crippen molar-refractivity contribution in [1.29, 1.82) is 0 Å². The molecule has 114 valence electrons. The summed E-state index contributed by atoms with van der Waals surface area (Å²) in [5.41, 5.74) is 0.119. The number of amides is 1. The number of aromatic nitrogens is 2. The van der Waals surface area contributed by atoms with Crippen LogP contribution in [0.1, 0.15) is 30.1 Å². The average molecular weight is 299 g/mol. The van der Waals surface area contributed by atoms with Crippen LogP contribution in [0.3, 0.4) is 0 Å². The third-order valence-corrected chi connectivity index (χ3v) is 4.20. The van der Waals surface area contributed by atoms with Crippen LogP contribution in [0, 0.1) is 0 Å². The van der Waals surface area contributed by atoms with Crippen LogP contribution in [0.25, 0.3) is 5.69 Å². The zero-order chi connectivity index (χ0) is 15.7. The first-order valence-corrected chi connectivity index (χ1v) is 7.18. The van der Waals surface area contributed by atoms with Gasteiger partial charge in [0.05, 0.1) is 17.4 Å². The van der Waals surface area contributed by atoms with Crippen LogP contribution < -0.4 is 0 Å². The maximum Gasteiger partial charge on any atom is 0.329 e. The molecule has 6 nitrogen and oxygen atoms in total. The van der Waals surface area contributed by atoms with Crippen molar-refractivity contribution in [2.24, 2.45) is 0 Å². The van der Waals surface area contributed by atoms with Gasteiger partial charge in [-0.2, -0.15) is 5.10 Å². The molecule has 1 unspecified atom stereocenters. The highest BCUT2D eigenvalue weighted by molar-refractivity contribution is 5.97. The van der Waals surface area contributed by atoms with Crippen LogP contribution in [0.5, 0.6) is 0 Å². The summed E-state index contributed by atoms with van der Waals surface area (Å²) in [7, 11) is 0. The molecule has 0 saturated carbocycles. The molecule has 1 aromatic heterocycles. The summed E-state index contributed by atoms with van der Waals surface area (Å²) in [6, 6.07) is 9.46. The van der Waals surface area contributed by atoms with E-state index in [2.05, 4.69) is 5.10 Å². The Hall–Kier alpha value is -2.63. The van der Waals surface area contributed by atoms with Crippen molar-refractivity contribution in [2.45, 2.75) is 25.3 Å². The van der Waals surface area contributed by atoms with Crippen molar-refractivity contribution < 1.29 is 14.7 Å². The smallest absolute Gasteiger partial charge is 0.329 e. The molecule has 1 aromatic carbocycles. The predicted octanol–water partition coefficient (Wildman–Crippen LogP) is 1.95. The monoisotopic (exact) mass is 299 g/mol. The highest BCUT2D eigenvalue weighted by Gasteiger charge is 2.46. The second kappa shape index (κ2) is 5.29. The number of carboxylic acids is 1. The van der Waals surface area contributed by atoms with E-state index >= 15 is 0 Å². The Kier molecular flexibility index (Phi) is 3.44. The number of para-hydroxylation sites is 1. The molecule has 1 saturated heterocycles. The van der Waals surface area contributed by atoms with Gasteiger partial charge in [-0.25, -0.2) is 9.48 Å². The van der Waals surface area contributed by atoms with Gasteiger partial charge in [0.15, 0.2) is 0 Å². The van der Waals surface area contributed by atoms with E-state index in [0.29, 0.717) is 24.9 Å². The minimum Gasteiger partial charge on any atom is -0.480 e. The summed E-state index contributed by atoms with van der Waals surface area (Å²) in [5.74, 6) is -1.25. The highest BCUT2D eigenvalue weighted by atomic mass is 16.4. The number of nitrogens with zero attached hydrogens (tertiary/aromatic N) is 3. The first-order valence-electron chi connectivity index (χ1n) is 7.18. The SMILES string of the molecule is CC1(C(=O)O)CCCN1C(=O)c1cnn(-c2ccccc2)c1. The molecule has 0 spiro atoms. The lowest BCUT2D eigenvalue weighted by Gasteiger charge is -2.30. The lowest BCUT2D eigenvalue weighted by atomic mass is 9.99. The van der Waals surface area contributed by atoms with Crippen LogP contribution in [0.4, 0.5) is 0 Å². The Morgan fingerprint density at radius 1 is 1.27 bits per heavy atom. The molecule has 1 fully saturated rings. The third kappa shape index (κ3) is 2.26. The number of carbonyl (C=O) groups is 2. The maximum absolute atomic E-state index is 12.6. The topological polar surface area (TPSA) is 75.4 Å². The molecule has 2 aromatic rings. The van der Waals surface area contributed by atoms with E-state index in [9.17, 15) is 14.7 Å². The van der Waals surface area contributed by atoms with Crippen LogP contribution in [-0.4, -0.2) is 43.7 Å². The van der Waals surface area contributed by atoms with Crippen LogP contribution >= 0.6 is 0 Å². The molecule has 3 rings (SSSR count). The van der Waals surface area contributed by atoms with E-state index in [0.717, 1.165) is 5.69 Å². The molecule has 1 amide bonds. The van der Waals surface area contributed by atoms with Crippen molar-refractivity contribution >= 4 is 11.9 Å². The third-order valence-electron chi connectivity index (χ3n) is 4.20. The van der Waals surface area contributed by atoms with Gasteiger partial charge in [-0.3, -0.25) is 4.79 Å². The molecule has 0 aliphatic carbocycles. The lowest BCUT2D eigenvalue weighted by molar-refractivity contribution is -0.147. The van der Waals surface area contributed by atoms with Gasteiger partial charge in [-0.05, 0) is 31.9 Å². The van der Waals surface area contributed by atoms with Gasteiger partial charge in [-0.1, -0.05) is 18.2 Å². The average Bonchev–Trinajstić information content (AvgIpc) is 3.15. The minimum atomic E-state index is -1.13. The van der Waals surface area contributed by atoms with E-state index in [1.807, 2.05) is 30.3 Å². The Bertz CT molecular complexity index is 710. The number of likely N-dealkylation sites (tertiary alicyclic amines) is 1. The molecule has 0 bridgehead atoms. The number of carboxylic acid groups (broad SMARTS) is 1. The van der Waals surface area contributed by atoms with Crippen molar-refractivity contribution in [3.8, 4) is 5.69 Å². The second-order valence-electron chi connectivity index (χ2n) is 5.65. The van der Waals surface area contributed by atoms with Crippen molar-refractivity contribution in [3.63, 3.8) is 0 Å². The summed E-state index contributed by atoms with van der Waals surface area (Å²) in [6.45, 7) is 2.06. The molecule has 1 N–H and O–H groups in total. The summed E-state index contributed by atoms with van der Waals surface area (Å²) >= 11 is 0. The van der Waals surface area contributed by atoms with E-state index in [1.54, 1.807) is 17.8 Å². The Balaban J connectivity index is 1.88. The fraction of sp³-hybridized carbons (Fsp3) is 0.312. The first kappa shape index (κ1) is 14.3. The van der Waals surface area contributed by atoms with E-state index in [1.165, 1.54) is 11.1 Å². The second-order valence-corrected chi connectivity index (χ2v) is 5.65. The summed E-state index contributed by atoms with van der Waals surface area (Å²) in [6.07, 6.45) is 4.29. The standard InChI is InChI=1S/C16H17N3O3/c1-16(15(21)22)8-5-9-18(16)14(20)12-10-17-19(11-12)13-6-3-2-4-7-13/h2-4,6-7,10-11H,5,8-9H2,1H3,(H,21,22). The fourth-order valence-electron chi connectivity index (χ4n) is 2.82. The zero-order valence-electron chi connectivity index (χ0n) is 12.3. The molecule has 0 radical (unpaired) electrons. The molecule has 1 aliphatic heterocycles. The van der Waals surface area contributed by atoms with Gasteiger partial charge >= 0.3 is 5.97 Å². The van der Waals surface area contributed by atoms with Crippen molar-refractivity contribution in [2.75, 3.05) is 6.54 Å². The molecule has 1 atom stereocenters. The van der Waals surface area contributed by atoms with Gasteiger partial charge in [0.25, 0.3) is 5.91 Å². The summed E-state index contributed by atoms with van der Waals surface area (Å²) in [5, 5.41) is 13.6. The molecular weight excluding hydrogens is 282 g/mol. The van der Waals surface area contributed by atoms with Gasteiger partial charge in [-0.15, -0.1) is 0 Å². The fourth-order valence-corrected chi connectivity index (χ4v) is 2.82. The lowest BCUT2D eigenvalue weighted by Crippen LogP contribution is -2.50. The van der Waals surface area contributed by atoms with Crippen LogP contribution in [0.15, 0.2) is 42.7 Å². The van der Waals surface area contributed by atoms with Crippen molar-refractivity contribution in [1.82, 2.24) is 14.7 Å².